The summed E-state index contributed by atoms with van der Waals surface area (Å²) in [4.78, 5) is 22.2. The number of alkyl halides is 3. The minimum Gasteiger partial charge on any atom is -0.475 e. The van der Waals surface area contributed by atoms with Crippen molar-refractivity contribution in [2.24, 2.45) is 5.92 Å². The van der Waals surface area contributed by atoms with Gasteiger partial charge < -0.3 is 10.4 Å². The molecule has 2 fully saturated rings. The monoisotopic (exact) mass is 568 g/mol. The van der Waals surface area contributed by atoms with Crippen LogP contribution < -0.4 is 10.0 Å². The van der Waals surface area contributed by atoms with Gasteiger partial charge in [0.25, 0.3) is 10.0 Å². The first-order valence-electron chi connectivity index (χ1n) is 12.9. The molecular weight excluding hydrogens is 533 g/mol. The predicted octanol–water partition coefficient (Wildman–Crippen LogP) is 5.77. The van der Waals surface area contributed by atoms with Gasteiger partial charge in [0.15, 0.2) is 0 Å². The second-order valence-electron chi connectivity index (χ2n) is 10.7. The molecule has 2 saturated carbocycles. The van der Waals surface area contributed by atoms with Crippen molar-refractivity contribution < 1.29 is 36.3 Å². The third-order valence-corrected chi connectivity index (χ3v) is 9.07. The van der Waals surface area contributed by atoms with Gasteiger partial charge in [0, 0.05) is 11.7 Å². The topological polar surface area (TPSA) is 113 Å². The zero-order valence-corrected chi connectivity index (χ0v) is 23.3. The van der Waals surface area contributed by atoms with Crippen LogP contribution in [0.1, 0.15) is 67.7 Å². The van der Waals surface area contributed by atoms with E-state index in [0.717, 1.165) is 53.9 Å². The Balaban J connectivity index is 0.000000532. The van der Waals surface area contributed by atoms with Crippen LogP contribution in [0.5, 0.6) is 0 Å². The Morgan fingerprint density at radius 1 is 0.923 bits per heavy atom. The summed E-state index contributed by atoms with van der Waals surface area (Å²) in [7, 11) is -3.69. The molecule has 11 heteroatoms. The van der Waals surface area contributed by atoms with Crippen molar-refractivity contribution in [3.63, 3.8) is 0 Å². The minimum atomic E-state index is -5.08. The third kappa shape index (κ3) is 7.52. The van der Waals surface area contributed by atoms with Crippen molar-refractivity contribution >= 4 is 27.6 Å². The number of rotatable bonds is 6. The van der Waals surface area contributed by atoms with Gasteiger partial charge in [0.05, 0.1) is 10.3 Å². The minimum absolute atomic E-state index is 0.121. The summed E-state index contributed by atoms with van der Waals surface area (Å²) in [5.41, 5.74) is 3.75. The van der Waals surface area contributed by atoms with E-state index in [1.807, 2.05) is 39.0 Å². The number of aryl methyl sites for hydroxylation is 3. The van der Waals surface area contributed by atoms with E-state index in [0.29, 0.717) is 10.6 Å². The third-order valence-electron chi connectivity index (χ3n) is 7.55. The number of hydrogen-bond acceptors (Lipinski definition) is 4. The Hall–Kier alpha value is -3.08. The second kappa shape index (κ2) is 11.6. The molecule has 0 unspecified atom stereocenters. The van der Waals surface area contributed by atoms with Gasteiger partial charge in [-0.15, -0.1) is 0 Å². The van der Waals surface area contributed by atoms with E-state index in [-0.39, 0.29) is 11.9 Å². The van der Waals surface area contributed by atoms with Crippen LogP contribution in [0, 0.1) is 26.7 Å². The number of hydrogen-bond donors (Lipinski definition) is 3. The molecule has 0 atom stereocenters. The highest BCUT2D eigenvalue weighted by Crippen LogP contribution is 2.49. The van der Waals surface area contributed by atoms with Crippen molar-refractivity contribution in [2.45, 2.75) is 88.7 Å². The molecule has 0 saturated heterocycles. The van der Waals surface area contributed by atoms with Gasteiger partial charge in [-0.25, -0.2) is 13.2 Å². The summed E-state index contributed by atoms with van der Waals surface area (Å²) in [6.45, 7) is 7.98. The van der Waals surface area contributed by atoms with Crippen LogP contribution in [-0.2, 0) is 25.0 Å². The number of halogens is 3. The standard InChI is InChI=1S/C26H34N2O3S.C2HF3O2/c1-17-5-9-22(10-6-17)27-25(29)26(13-14-26)21-7-11-23(12-8-21)28-32(30,31)24-16-19(3)18(2)15-20(24)4;3-2(4,5)1(6)7/h7-8,11-12,15-17,22,28H,5-6,9-10,13-14H2,1-4H3,(H,27,29);(H,6,7). The molecule has 2 aromatic carbocycles. The number of carboxylic acid groups (broad SMARTS) is 1. The molecule has 39 heavy (non-hydrogen) atoms. The average molecular weight is 569 g/mol. The van der Waals surface area contributed by atoms with Crippen LogP contribution in [0.25, 0.3) is 0 Å². The molecule has 2 aliphatic rings. The maximum Gasteiger partial charge on any atom is 0.490 e. The molecule has 0 heterocycles. The molecule has 0 radical (unpaired) electrons. The molecule has 2 aromatic rings. The van der Waals surface area contributed by atoms with Gasteiger partial charge in [0.2, 0.25) is 5.91 Å². The Morgan fingerprint density at radius 3 is 1.92 bits per heavy atom. The summed E-state index contributed by atoms with van der Waals surface area (Å²) < 4.78 is 60.3. The Labute approximate surface area is 227 Å². The highest BCUT2D eigenvalue weighted by molar-refractivity contribution is 7.92. The van der Waals surface area contributed by atoms with E-state index in [2.05, 4.69) is 17.0 Å². The molecule has 1 amide bonds. The number of amides is 1. The molecule has 0 spiro atoms. The predicted molar refractivity (Wildman–Crippen MR) is 142 cm³/mol. The molecule has 2 aliphatic carbocycles. The molecule has 0 bridgehead atoms. The summed E-state index contributed by atoms with van der Waals surface area (Å²) in [5.74, 6) is -1.88. The van der Waals surface area contributed by atoms with Crippen molar-refractivity contribution in [3.8, 4) is 0 Å². The van der Waals surface area contributed by atoms with Crippen LogP contribution in [0.15, 0.2) is 41.3 Å². The van der Waals surface area contributed by atoms with Gasteiger partial charge in [-0.3, -0.25) is 9.52 Å². The molecule has 3 N–H and O–H groups in total. The fraction of sp³-hybridized carbons (Fsp3) is 0.500. The number of carbonyl (C=O) groups excluding carboxylic acids is 1. The van der Waals surface area contributed by atoms with Gasteiger partial charge in [-0.2, -0.15) is 13.2 Å². The molecule has 0 aliphatic heterocycles. The van der Waals surface area contributed by atoms with Crippen LogP contribution in [-0.4, -0.2) is 37.6 Å². The molecular formula is C28H35F3N2O5S. The lowest BCUT2D eigenvalue weighted by Crippen LogP contribution is -2.43. The van der Waals surface area contributed by atoms with E-state index < -0.39 is 27.6 Å². The number of carboxylic acids is 1. The van der Waals surface area contributed by atoms with E-state index >= 15 is 0 Å². The first kappa shape index (κ1) is 30.5. The first-order chi connectivity index (χ1) is 18.0. The molecule has 214 valence electrons. The van der Waals surface area contributed by atoms with E-state index in [1.54, 1.807) is 18.2 Å². The summed E-state index contributed by atoms with van der Waals surface area (Å²) >= 11 is 0. The maximum atomic E-state index is 13.1. The van der Waals surface area contributed by atoms with Gasteiger partial charge >= 0.3 is 12.1 Å². The zero-order valence-electron chi connectivity index (χ0n) is 22.5. The van der Waals surface area contributed by atoms with Gasteiger partial charge in [-0.1, -0.05) is 25.1 Å². The lowest BCUT2D eigenvalue weighted by atomic mass is 9.86. The van der Waals surface area contributed by atoms with Crippen molar-refractivity contribution in [2.75, 3.05) is 4.72 Å². The van der Waals surface area contributed by atoms with Crippen LogP contribution in [0.2, 0.25) is 0 Å². The number of sulfonamides is 1. The van der Waals surface area contributed by atoms with Crippen LogP contribution in [0.3, 0.4) is 0 Å². The zero-order chi connectivity index (χ0) is 29.2. The number of anilines is 1. The van der Waals surface area contributed by atoms with E-state index in [1.165, 1.54) is 12.8 Å². The normalized spacial score (nSPS) is 20.3. The van der Waals surface area contributed by atoms with Crippen molar-refractivity contribution in [1.29, 1.82) is 0 Å². The lowest BCUT2D eigenvalue weighted by Gasteiger charge is -2.28. The van der Waals surface area contributed by atoms with Crippen LogP contribution in [0.4, 0.5) is 18.9 Å². The smallest absolute Gasteiger partial charge is 0.475 e. The van der Waals surface area contributed by atoms with E-state index in [4.69, 9.17) is 9.90 Å². The number of carbonyl (C=O) groups is 2. The fourth-order valence-electron chi connectivity index (χ4n) is 4.79. The highest BCUT2D eigenvalue weighted by Gasteiger charge is 2.51. The number of benzene rings is 2. The quantitative estimate of drug-likeness (QED) is 0.410. The molecule has 0 aromatic heterocycles. The van der Waals surface area contributed by atoms with Gasteiger partial charge in [-0.05, 0) is 106 Å². The Morgan fingerprint density at radius 2 is 1.44 bits per heavy atom. The maximum absolute atomic E-state index is 13.1. The SMILES string of the molecule is Cc1cc(C)c(S(=O)(=O)Nc2ccc(C3(C(=O)NC4CCC(C)CC4)CC3)cc2)cc1C.O=C(O)C(F)(F)F. The summed E-state index contributed by atoms with van der Waals surface area (Å²) in [6.07, 6.45) is 1.06. The second-order valence-corrected chi connectivity index (χ2v) is 12.4. The summed E-state index contributed by atoms with van der Waals surface area (Å²) in [6, 6.07) is 11.2. The summed E-state index contributed by atoms with van der Waals surface area (Å²) in [5, 5.41) is 10.4. The number of nitrogens with one attached hydrogen (secondary N) is 2. The van der Waals surface area contributed by atoms with Crippen LogP contribution >= 0.6 is 0 Å². The van der Waals surface area contributed by atoms with Crippen molar-refractivity contribution in [1.82, 2.24) is 5.32 Å². The Kier molecular flexibility index (Phi) is 9.04. The van der Waals surface area contributed by atoms with Crippen molar-refractivity contribution in [3.05, 3.63) is 58.7 Å². The number of aliphatic carboxylic acids is 1. The molecule has 7 nitrogen and oxygen atoms in total. The van der Waals surface area contributed by atoms with E-state index in [9.17, 15) is 26.4 Å². The molecule has 4 rings (SSSR count). The largest absolute Gasteiger partial charge is 0.490 e. The highest BCUT2D eigenvalue weighted by atomic mass is 32.2. The Bertz CT molecular complexity index is 1310. The fourth-order valence-corrected chi connectivity index (χ4v) is 6.16. The van der Waals surface area contributed by atoms with Gasteiger partial charge in [0.1, 0.15) is 0 Å². The first-order valence-corrected chi connectivity index (χ1v) is 14.4. The lowest BCUT2D eigenvalue weighted by molar-refractivity contribution is -0.192. The average Bonchev–Trinajstić information content (AvgIpc) is 3.65.